The molecule has 6 nitrogen and oxygen atoms in total. The number of benzene rings is 4. The zero-order chi connectivity index (χ0) is 26.6. The Morgan fingerprint density at radius 2 is 1.74 bits per heavy atom. The molecule has 0 radical (unpaired) electrons. The van der Waals surface area contributed by atoms with E-state index in [-0.39, 0.29) is 5.75 Å². The largest absolute Gasteiger partial charge is 0.422 e. The Morgan fingerprint density at radius 1 is 0.974 bits per heavy atom. The van der Waals surface area contributed by atoms with E-state index in [1.54, 1.807) is 42.5 Å². The van der Waals surface area contributed by atoms with Crippen molar-refractivity contribution in [3.8, 4) is 16.9 Å². The van der Waals surface area contributed by atoms with Crippen molar-refractivity contribution in [2.75, 3.05) is 0 Å². The van der Waals surface area contributed by atoms with Gasteiger partial charge in [0.15, 0.2) is 0 Å². The molecule has 5 aromatic rings. The summed E-state index contributed by atoms with van der Waals surface area (Å²) in [5, 5.41) is 5.64. The third-order valence-corrected chi connectivity index (χ3v) is 6.70. The fourth-order valence-corrected chi connectivity index (χ4v) is 4.62. The third kappa shape index (κ3) is 5.39. The number of carbonyl (C=O) groups excluding carboxylic acids is 2. The second-order valence-corrected chi connectivity index (χ2v) is 9.87. The number of hydrogen-bond acceptors (Lipinski definition) is 4. The van der Waals surface area contributed by atoms with Crippen LogP contribution in [0.3, 0.4) is 0 Å². The molecule has 0 fully saturated rings. The van der Waals surface area contributed by atoms with Gasteiger partial charge in [-0.15, -0.1) is 0 Å². The van der Waals surface area contributed by atoms with Crippen LogP contribution in [0.2, 0.25) is 5.02 Å². The number of halogens is 2. The molecule has 188 valence electrons. The van der Waals surface area contributed by atoms with Crippen molar-refractivity contribution in [1.29, 1.82) is 0 Å². The van der Waals surface area contributed by atoms with E-state index in [0.29, 0.717) is 21.8 Å². The van der Waals surface area contributed by atoms with Crippen molar-refractivity contribution in [1.82, 2.24) is 10.4 Å². The van der Waals surface area contributed by atoms with Gasteiger partial charge in [-0.1, -0.05) is 76.1 Å². The molecule has 0 saturated carbocycles. The predicted octanol–water partition coefficient (Wildman–Crippen LogP) is 7.54. The van der Waals surface area contributed by atoms with E-state index in [4.69, 9.17) is 16.3 Å². The van der Waals surface area contributed by atoms with Gasteiger partial charge >= 0.3 is 5.97 Å². The minimum absolute atomic E-state index is 0.289. The molecule has 4 aromatic carbocycles. The van der Waals surface area contributed by atoms with E-state index in [9.17, 15) is 9.59 Å². The predicted molar refractivity (Wildman–Crippen MR) is 154 cm³/mol. The highest BCUT2D eigenvalue weighted by molar-refractivity contribution is 9.10. The Morgan fingerprint density at radius 3 is 2.50 bits per heavy atom. The number of aryl methyl sites for hydroxylation is 1. The maximum atomic E-state index is 13.3. The van der Waals surface area contributed by atoms with Gasteiger partial charge in [0.05, 0.1) is 11.8 Å². The summed E-state index contributed by atoms with van der Waals surface area (Å²) in [5.74, 6) is -0.647. The van der Waals surface area contributed by atoms with Gasteiger partial charge in [0.25, 0.3) is 5.91 Å². The van der Waals surface area contributed by atoms with Gasteiger partial charge in [-0.3, -0.25) is 4.79 Å². The van der Waals surface area contributed by atoms with Gasteiger partial charge in [-0.2, -0.15) is 5.10 Å². The highest BCUT2D eigenvalue weighted by atomic mass is 79.9. The van der Waals surface area contributed by atoms with Crippen molar-refractivity contribution in [3.05, 3.63) is 123 Å². The standard InChI is InChI=1S/C30H21BrClN3O3/c1-18-6-5-9-24-26(19-7-3-2-4-8-19)28(34-27(18)24)29(36)35-33-17-21-16-22(31)12-15-25(21)38-30(37)20-10-13-23(32)14-11-20/h2-17,34H,1H3,(H,35,36). The highest BCUT2D eigenvalue weighted by Crippen LogP contribution is 2.34. The van der Waals surface area contributed by atoms with Crippen LogP contribution in [0, 0.1) is 6.92 Å². The van der Waals surface area contributed by atoms with E-state index in [0.717, 1.165) is 32.1 Å². The molecule has 0 bridgehead atoms. The van der Waals surface area contributed by atoms with Crippen LogP contribution in [0.25, 0.3) is 22.0 Å². The number of H-pyrrole nitrogens is 1. The number of nitrogens with zero attached hydrogens (tertiary/aromatic N) is 1. The molecule has 8 heteroatoms. The van der Waals surface area contributed by atoms with Crippen molar-refractivity contribution >= 4 is 56.5 Å². The number of carbonyl (C=O) groups is 2. The van der Waals surface area contributed by atoms with Crippen LogP contribution < -0.4 is 10.2 Å². The van der Waals surface area contributed by atoms with E-state index < -0.39 is 11.9 Å². The number of nitrogens with one attached hydrogen (secondary N) is 2. The normalized spacial score (nSPS) is 11.1. The van der Waals surface area contributed by atoms with Crippen molar-refractivity contribution in [3.63, 3.8) is 0 Å². The molecule has 0 aliphatic rings. The molecule has 0 unspecified atom stereocenters. The second kappa shape index (κ2) is 11.0. The first-order valence-corrected chi connectivity index (χ1v) is 12.9. The van der Waals surface area contributed by atoms with Crippen LogP contribution in [0.4, 0.5) is 0 Å². The number of esters is 1. The number of aromatic nitrogens is 1. The quantitative estimate of drug-likeness (QED) is 0.0933. The Bertz CT molecular complexity index is 1680. The summed E-state index contributed by atoms with van der Waals surface area (Å²) in [6.07, 6.45) is 1.43. The van der Waals surface area contributed by atoms with Crippen LogP contribution in [0.1, 0.15) is 32.0 Å². The van der Waals surface area contributed by atoms with Crippen LogP contribution in [-0.2, 0) is 0 Å². The highest BCUT2D eigenvalue weighted by Gasteiger charge is 2.20. The topological polar surface area (TPSA) is 83.5 Å². The number of ether oxygens (including phenoxy) is 1. The molecule has 0 saturated heterocycles. The summed E-state index contributed by atoms with van der Waals surface area (Å²) in [6.45, 7) is 1.99. The fourth-order valence-electron chi connectivity index (χ4n) is 4.11. The Labute approximate surface area is 232 Å². The van der Waals surface area contributed by atoms with Gasteiger partial charge in [-0.05, 0) is 60.5 Å². The number of hydrazone groups is 1. The minimum Gasteiger partial charge on any atom is -0.422 e. The summed E-state index contributed by atoms with van der Waals surface area (Å²) < 4.78 is 6.34. The molecular weight excluding hydrogens is 566 g/mol. The average Bonchev–Trinajstić information content (AvgIpc) is 3.32. The van der Waals surface area contributed by atoms with Crippen molar-refractivity contribution < 1.29 is 14.3 Å². The number of hydrogen-bond donors (Lipinski definition) is 2. The summed E-state index contributed by atoms with van der Waals surface area (Å²) in [4.78, 5) is 29.2. The Hall–Kier alpha value is -4.20. The number of amides is 1. The number of rotatable bonds is 6. The maximum absolute atomic E-state index is 13.3. The lowest BCUT2D eigenvalue weighted by Crippen LogP contribution is -2.19. The Balaban J connectivity index is 1.41. The van der Waals surface area contributed by atoms with Crippen LogP contribution in [0.5, 0.6) is 5.75 Å². The molecule has 1 amide bonds. The summed E-state index contributed by atoms with van der Waals surface area (Å²) in [6, 6.07) is 27.2. The van der Waals surface area contributed by atoms with Crippen LogP contribution in [0.15, 0.2) is 101 Å². The first kappa shape index (κ1) is 25.4. The van der Waals surface area contributed by atoms with E-state index in [1.165, 1.54) is 6.21 Å². The van der Waals surface area contributed by atoms with Gasteiger partial charge in [0.1, 0.15) is 11.4 Å². The molecule has 1 aromatic heterocycles. The van der Waals surface area contributed by atoms with Crippen LogP contribution >= 0.6 is 27.5 Å². The third-order valence-electron chi connectivity index (χ3n) is 5.96. The lowest BCUT2D eigenvalue weighted by molar-refractivity contribution is 0.0734. The zero-order valence-electron chi connectivity index (χ0n) is 20.2. The summed E-state index contributed by atoms with van der Waals surface area (Å²) in [7, 11) is 0. The molecule has 5 rings (SSSR count). The SMILES string of the molecule is Cc1cccc2c(-c3ccccc3)c(C(=O)NN=Cc3cc(Br)ccc3OC(=O)c3ccc(Cl)cc3)[nH]c12. The monoisotopic (exact) mass is 585 g/mol. The lowest BCUT2D eigenvalue weighted by Gasteiger charge is -2.08. The first-order chi connectivity index (χ1) is 18.4. The molecule has 0 spiro atoms. The molecule has 2 N–H and O–H groups in total. The molecular formula is C30H21BrClN3O3. The van der Waals surface area contributed by atoms with Gasteiger partial charge in [0.2, 0.25) is 0 Å². The molecule has 0 atom stereocenters. The number of aromatic amines is 1. The lowest BCUT2D eigenvalue weighted by atomic mass is 10.0. The summed E-state index contributed by atoms with van der Waals surface area (Å²) in [5.41, 5.74) is 7.51. The first-order valence-electron chi connectivity index (χ1n) is 11.7. The van der Waals surface area contributed by atoms with Crippen LogP contribution in [-0.4, -0.2) is 23.1 Å². The van der Waals surface area contributed by atoms with Gasteiger partial charge in [-0.25, -0.2) is 10.2 Å². The Kier molecular flexibility index (Phi) is 7.40. The van der Waals surface area contributed by atoms with E-state index in [2.05, 4.69) is 31.4 Å². The zero-order valence-corrected chi connectivity index (χ0v) is 22.5. The van der Waals surface area contributed by atoms with Crippen molar-refractivity contribution in [2.45, 2.75) is 6.92 Å². The smallest absolute Gasteiger partial charge is 0.343 e. The fraction of sp³-hybridized carbons (Fsp3) is 0.0333. The number of fused-ring (bicyclic) bond motifs is 1. The molecule has 0 aliphatic carbocycles. The second-order valence-electron chi connectivity index (χ2n) is 8.52. The van der Waals surface area contributed by atoms with E-state index in [1.807, 2.05) is 55.5 Å². The van der Waals surface area contributed by atoms with Gasteiger partial charge < -0.3 is 9.72 Å². The van der Waals surface area contributed by atoms with Crippen molar-refractivity contribution in [2.24, 2.45) is 5.10 Å². The maximum Gasteiger partial charge on any atom is 0.343 e. The summed E-state index contributed by atoms with van der Waals surface area (Å²) >= 11 is 9.34. The molecule has 38 heavy (non-hydrogen) atoms. The average molecular weight is 587 g/mol. The van der Waals surface area contributed by atoms with E-state index >= 15 is 0 Å². The number of para-hydroxylation sites is 1. The van der Waals surface area contributed by atoms with Gasteiger partial charge in [0, 0.05) is 31.5 Å². The molecule has 0 aliphatic heterocycles. The minimum atomic E-state index is -0.538. The molecule has 1 heterocycles.